The Morgan fingerprint density at radius 3 is 3.00 bits per heavy atom. The van der Waals surface area contributed by atoms with Crippen LogP contribution in [-0.4, -0.2) is 15.6 Å². The van der Waals surface area contributed by atoms with E-state index in [1.165, 1.54) is 19.3 Å². The van der Waals surface area contributed by atoms with E-state index in [9.17, 15) is 0 Å². The molecule has 1 saturated carbocycles. The van der Waals surface area contributed by atoms with Crippen LogP contribution in [0.5, 0.6) is 0 Å². The van der Waals surface area contributed by atoms with Gasteiger partial charge in [0.05, 0.1) is 6.54 Å². The van der Waals surface area contributed by atoms with Gasteiger partial charge in [0.1, 0.15) is 5.82 Å². The van der Waals surface area contributed by atoms with E-state index in [4.69, 9.17) is 0 Å². The van der Waals surface area contributed by atoms with Crippen LogP contribution in [0.2, 0.25) is 0 Å². The summed E-state index contributed by atoms with van der Waals surface area (Å²) < 4.78 is 2.08. The van der Waals surface area contributed by atoms with Crippen molar-refractivity contribution in [1.82, 2.24) is 14.9 Å². The summed E-state index contributed by atoms with van der Waals surface area (Å²) in [6, 6.07) is 0.701. The quantitative estimate of drug-likeness (QED) is 0.792. The second-order valence-electron chi connectivity index (χ2n) is 4.35. The molecule has 1 aliphatic carbocycles. The maximum Gasteiger partial charge on any atom is 0.122 e. The molecule has 3 nitrogen and oxygen atoms in total. The van der Waals surface area contributed by atoms with Crippen molar-refractivity contribution in [2.24, 2.45) is 13.0 Å². The van der Waals surface area contributed by atoms with Crippen LogP contribution in [0.4, 0.5) is 0 Å². The molecule has 0 aromatic carbocycles. The van der Waals surface area contributed by atoms with Crippen molar-refractivity contribution in [3.05, 3.63) is 18.2 Å². The van der Waals surface area contributed by atoms with Crippen LogP contribution >= 0.6 is 0 Å². The highest BCUT2D eigenvalue weighted by Crippen LogP contribution is 2.24. The van der Waals surface area contributed by atoms with Gasteiger partial charge in [0.25, 0.3) is 0 Å². The molecule has 1 aromatic rings. The lowest BCUT2D eigenvalue weighted by Gasteiger charge is -2.16. The SMILES string of the molecule is CC1CCCC1NCc1nccn1C. The topological polar surface area (TPSA) is 29.9 Å². The van der Waals surface area contributed by atoms with E-state index in [0.29, 0.717) is 6.04 Å². The third kappa shape index (κ3) is 1.98. The summed E-state index contributed by atoms with van der Waals surface area (Å²) >= 11 is 0. The van der Waals surface area contributed by atoms with E-state index in [1.54, 1.807) is 0 Å². The van der Waals surface area contributed by atoms with Gasteiger partial charge in [-0.15, -0.1) is 0 Å². The lowest BCUT2D eigenvalue weighted by Crippen LogP contribution is -2.31. The molecule has 0 radical (unpaired) electrons. The first-order valence-corrected chi connectivity index (χ1v) is 5.47. The van der Waals surface area contributed by atoms with Gasteiger partial charge in [-0.05, 0) is 18.8 Å². The van der Waals surface area contributed by atoms with Crippen molar-refractivity contribution in [3.8, 4) is 0 Å². The maximum absolute atomic E-state index is 4.30. The summed E-state index contributed by atoms with van der Waals surface area (Å²) in [6.07, 6.45) is 7.92. The minimum absolute atomic E-state index is 0.701. The molecule has 78 valence electrons. The molecule has 2 rings (SSSR count). The third-order valence-corrected chi connectivity index (χ3v) is 3.30. The minimum Gasteiger partial charge on any atom is -0.337 e. The van der Waals surface area contributed by atoms with E-state index >= 15 is 0 Å². The van der Waals surface area contributed by atoms with Crippen LogP contribution in [-0.2, 0) is 13.6 Å². The number of hydrogen-bond acceptors (Lipinski definition) is 2. The molecule has 1 fully saturated rings. The summed E-state index contributed by atoms with van der Waals surface area (Å²) in [5.74, 6) is 1.96. The predicted octanol–water partition coefficient (Wildman–Crippen LogP) is 1.70. The molecule has 1 heterocycles. The van der Waals surface area contributed by atoms with E-state index < -0.39 is 0 Å². The molecule has 0 saturated heterocycles. The molecular weight excluding hydrogens is 174 g/mol. The molecular formula is C11H19N3. The van der Waals surface area contributed by atoms with Crippen LogP contribution in [0.3, 0.4) is 0 Å². The maximum atomic E-state index is 4.30. The summed E-state index contributed by atoms with van der Waals surface area (Å²) in [6.45, 7) is 3.24. The molecule has 1 N–H and O–H groups in total. The first-order chi connectivity index (χ1) is 6.77. The third-order valence-electron chi connectivity index (χ3n) is 3.30. The second-order valence-corrected chi connectivity index (χ2v) is 4.35. The van der Waals surface area contributed by atoms with E-state index in [-0.39, 0.29) is 0 Å². The fourth-order valence-electron chi connectivity index (χ4n) is 2.24. The zero-order valence-corrected chi connectivity index (χ0v) is 9.03. The Morgan fingerprint density at radius 1 is 1.57 bits per heavy atom. The summed E-state index contributed by atoms with van der Waals surface area (Å²) in [5, 5.41) is 3.59. The molecule has 3 heteroatoms. The molecule has 0 spiro atoms. The Kier molecular flexibility index (Phi) is 2.87. The van der Waals surface area contributed by atoms with Gasteiger partial charge in [-0.25, -0.2) is 4.98 Å². The lowest BCUT2D eigenvalue weighted by atomic mass is 10.1. The van der Waals surface area contributed by atoms with Gasteiger partial charge in [0, 0.05) is 25.5 Å². The Hall–Kier alpha value is -0.830. The van der Waals surface area contributed by atoms with Gasteiger partial charge >= 0.3 is 0 Å². The number of nitrogens with zero attached hydrogens (tertiary/aromatic N) is 2. The molecule has 2 unspecified atom stereocenters. The van der Waals surface area contributed by atoms with Gasteiger partial charge < -0.3 is 9.88 Å². The monoisotopic (exact) mass is 193 g/mol. The van der Waals surface area contributed by atoms with Crippen molar-refractivity contribution in [1.29, 1.82) is 0 Å². The van der Waals surface area contributed by atoms with Gasteiger partial charge in [-0.3, -0.25) is 0 Å². The Morgan fingerprint density at radius 2 is 2.43 bits per heavy atom. The molecule has 0 bridgehead atoms. The fourth-order valence-corrected chi connectivity index (χ4v) is 2.24. The zero-order valence-electron chi connectivity index (χ0n) is 9.03. The standard InChI is InChI=1S/C11H19N3/c1-9-4-3-5-10(9)13-8-11-12-6-7-14(11)2/h6-7,9-10,13H,3-5,8H2,1-2H3. The Bertz CT molecular complexity index is 292. The van der Waals surface area contributed by atoms with Crippen LogP contribution in [0.25, 0.3) is 0 Å². The Labute approximate surface area is 85.5 Å². The highest BCUT2D eigenvalue weighted by Gasteiger charge is 2.22. The second kappa shape index (κ2) is 4.13. The molecule has 14 heavy (non-hydrogen) atoms. The smallest absolute Gasteiger partial charge is 0.122 e. The van der Waals surface area contributed by atoms with Crippen LogP contribution in [0, 0.1) is 5.92 Å². The van der Waals surface area contributed by atoms with Crippen molar-refractivity contribution in [2.75, 3.05) is 0 Å². The largest absolute Gasteiger partial charge is 0.337 e. The van der Waals surface area contributed by atoms with E-state index in [2.05, 4.69) is 21.8 Å². The lowest BCUT2D eigenvalue weighted by molar-refractivity contribution is 0.418. The van der Waals surface area contributed by atoms with Gasteiger partial charge in [-0.2, -0.15) is 0 Å². The fraction of sp³-hybridized carbons (Fsp3) is 0.727. The highest BCUT2D eigenvalue weighted by atomic mass is 15.1. The van der Waals surface area contributed by atoms with Crippen molar-refractivity contribution in [2.45, 2.75) is 38.8 Å². The minimum atomic E-state index is 0.701. The molecule has 0 aliphatic heterocycles. The summed E-state index contributed by atoms with van der Waals surface area (Å²) in [5.41, 5.74) is 0. The number of aryl methyl sites for hydroxylation is 1. The number of nitrogens with one attached hydrogen (secondary N) is 1. The average Bonchev–Trinajstić information content (AvgIpc) is 2.72. The van der Waals surface area contributed by atoms with Crippen molar-refractivity contribution < 1.29 is 0 Å². The number of hydrogen-bond donors (Lipinski definition) is 1. The first-order valence-electron chi connectivity index (χ1n) is 5.47. The molecule has 1 aromatic heterocycles. The van der Waals surface area contributed by atoms with Crippen LogP contribution in [0.1, 0.15) is 32.0 Å². The van der Waals surface area contributed by atoms with Gasteiger partial charge in [0.15, 0.2) is 0 Å². The summed E-state index contributed by atoms with van der Waals surface area (Å²) in [4.78, 5) is 4.30. The van der Waals surface area contributed by atoms with Crippen molar-refractivity contribution in [3.63, 3.8) is 0 Å². The first kappa shape index (κ1) is 9.71. The van der Waals surface area contributed by atoms with Crippen LogP contribution in [0.15, 0.2) is 12.4 Å². The van der Waals surface area contributed by atoms with Gasteiger partial charge in [-0.1, -0.05) is 13.3 Å². The summed E-state index contributed by atoms with van der Waals surface area (Å²) in [7, 11) is 2.04. The van der Waals surface area contributed by atoms with E-state index in [0.717, 1.165) is 18.3 Å². The molecule has 1 aliphatic rings. The zero-order chi connectivity index (χ0) is 9.97. The van der Waals surface area contributed by atoms with Gasteiger partial charge in [0.2, 0.25) is 0 Å². The number of aromatic nitrogens is 2. The van der Waals surface area contributed by atoms with Crippen molar-refractivity contribution >= 4 is 0 Å². The average molecular weight is 193 g/mol. The Balaban J connectivity index is 1.85. The van der Waals surface area contributed by atoms with E-state index in [1.807, 2.05) is 19.4 Å². The molecule has 2 atom stereocenters. The normalized spacial score (nSPS) is 27.0. The number of imidazole rings is 1. The number of rotatable bonds is 3. The highest BCUT2D eigenvalue weighted by molar-refractivity contribution is 4.92. The van der Waals surface area contributed by atoms with Crippen LogP contribution < -0.4 is 5.32 Å². The predicted molar refractivity (Wildman–Crippen MR) is 56.9 cm³/mol. The molecule has 0 amide bonds.